The third-order valence-corrected chi connectivity index (χ3v) is 4.77. The second-order valence-corrected chi connectivity index (χ2v) is 6.83. The highest BCUT2D eigenvalue weighted by atomic mass is 32.2. The van der Waals surface area contributed by atoms with Crippen molar-refractivity contribution in [3.05, 3.63) is 30.1 Å². The minimum atomic E-state index is -3.17. The molecule has 1 fully saturated rings. The Labute approximate surface area is 114 Å². The van der Waals surface area contributed by atoms with Crippen LogP contribution in [0.2, 0.25) is 0 Å². The van der Waals surface area contributed by atoms with E-state index in [4.69, 9.17) is 0 Å². The van der Waals surface area contributed by atoms with E-state index in [0.717, 1.165) is 24.9 Å². The fourth-order valence-electron chi connectivity index (χ4n) is 2.27. The van der Waals surface area contributed by atoms with Crippen LogP contribution in [0.5, 0.6) is 0 Å². The van der Waals surface area contributed by atoms with Crippen molar-refractivity contribution in [1.82, 2.24) is 15.0 Å². The van der Waals surface area contributed by atoms with Gasteiger partial charge in [-0.25, -0.2) is 13.1 Å². The Morgan fingerprint density at radius 3 is 2.84 bits per heavy atom. The van der Waals surface area contributed by atoms with Gasteiger partial charge in [-0.05, 0) is 49.9 Å². The maximum atomic E-state index is 11.8. The van der Waals surface area contributed by atoms with Gasteiger partial charge in [-0.1, -0.05) is 0 Å². The number of sulfonamides is 1. The quantitative estimate of drug-likeness (QED) is 0.772. The molecule has 19 heavy (non-hydrogen) atoms. The van der Waals surface area contributed by atoms with Gasteiger partial charge in [0.2, 0.25) is 10.0 Å². The second-order valence-electron chi connectivity index (χ2n) is 4.90. The van der Waals surface area contributed by atoms with Gasteiger partial charge in [-0.15, -0.1) is 0 Å². The summed E-state index contributed by atoms with van der Waals surface area (Å²) < 4.78 is 26.3. The van der Waals surface area contributed by atoms with E-state index < -0.39 is 10.0 Å². The number of rotatable bonds is 7. The Morgan fingerprint density at radius 1 is 1.37 bits per heavy atom. The summed E-state index contributed by atoms with van der Waals surface area (Å²) in [6.07, 6.45) is 7.11. The van der Waals surface area contributed by atoms with E-state index in [1.165, 1.54) is 6.42 Å². The van der Waals surface area contributed by atoms with Crippen molar-refractivity contribution in [3.8, 4) is 0 Å². The summed E-state index contributed by atoms with van der Waals surface area (Å²) in [7, 11) is -3.17. The van der Waals surface area contributed by atoms with Gasteiger partial charge in [-0.2, -0.15) is 0 Å². The van der Waals surface area contributed by atoms with Gasteiger partial charge in [0, 0.05) is 25.0 Å². The molecule has 0 amide bonds. The molecule has 0 aromatic carbocycles. The summed E-state index contributed by atoms with van der Waals surface area (Å²) in [4.78, 5) is 3.91. The second kappa shape index (κ2) is 6.98. The molecule has 0 aliphatic carbocycles. The molecule has 0 bridgehead atoms. The molecule has 2 heterocycles. The number of aromatic nitrogens is 1. The van der Waals surface area contributed by atoms with Crippen molar-refractivity contribution >= 4 is 10.0 Å². The van der Waals surface area contributed by atoms with Crippen molar-refractivity contribution in [2.24, 2.45) is 0 Å². The van der Waals surface area contributed by atoms with Crippen LogP contribution < -0.4 is 10.0 Å². The Hall–Kier alpha value is -0.980. The number of hydrogen-bond donors (Lipinski definition) is 2. The summed E-state index contributed by atoms with van der Waals surface area (Å²) in [5.41, 5.74) is 0.998. The van der Waals surface area contributed by atoms with Crippen LogP contribution >= 0.6 is 0 Å². The lowest BCUT2D eigenvalue weighted by atomic mass is 10.2. The monoisotopic (exact) mass is 283 g/mol. The highest BCUT2D eigenvalue weighted by molar-refractivity contribution is 7.89. The van der Waals surface area contributed by atoms with Crippen molar-refractivity contribution in [3.63, 3.8) is 0 Å². The number of hydrogen-bond acceptors (Lipinski definition) is 4. The lowest BCUT2D eigenvalue weighted by Gasteiger charge is -2.11. The molecule has 0 unspecified atom stereocenters. The lowest BCUT2D eigenvalue weighted by Crippen LogP contribution is -2.32. The van der Waals surface area contributed by atoms with E-state index in [-0.39, 0.29) is 5.75 Å². The molecule has 2 N–H and O–H groups in total. The van der Waals surface area contributed by atoms with Crippen LogP contribution in [0.1, 0.15) is 24.8 Å². The average molecular weight is 283 g/mol. The van der Waals surface area contributed by atoms with E-state index in [0.29, 0.717) is 19.0 Å². The van der Waals surface area contributed by atoms with Gasteiger partial charge in [0.1, 0.15) is 0 Å². The Kier molecular flexibility index (Phi) is 5.30. The number of pyridine rings is 1. The molecule has 0 radical (unpaired) electrons. The predicted molar refractivity (Wildman–Crippen MR) is 75.4 cm³/mol. The first-order chi connectivity index (χ1) is 9.16. The zero-order valence-corrected chi connectivity index (χ0v) is 11.8. The molecule has 6 heteroatoms. The fourth-order valence-corrected chi connectivity index (χ4v) is 3.34. The first kappa shape index (κ1) is 14.4. The first-order valence-corrected chi connectivity index (χ1v) is 8.40. The van der Waals surface area contributed by atoms with Crippen molar-refractivity contribution in [1.29, 1.82) is 0 Å². The van der Waals surface area contributed by atoms with Gasteiger partial charge in [0.25, 0.3) is 0 Å². The number of nitrogens with one attached hydrogen (secondary N) is 2. The molecule has 1 aliphatic heterocycles. The van der Waals surface area contributed by atoms with E-state index in [2.05, 4.69) is 15.0 Å². The zero-order valence-electron chi connectivity index (χ0n) is 11.0. The predicted octanol–water partition coefficient (Wildman–Crippen LogP) is 0.686. The van der Waals surface area contributed by atoms with Crippen LogP contribution in [-0.4, -0.2) is 38.3 Å². The summed E-state index contributed by atoms with van der Waals surface area (Å²) in [5, 5.41) is 3.36. The SMILES string of the molecule is O=S(=O)(CCc1ccncc1)NCC[C@@H]1CCCN1. The van der Waals surface area contributed by atoms with Gasteiger partial charge >= 0.3 is 0 Å². The summed E-state index contributed by atoms with van der Waals surface area (Å²) in [5.74, 6) is 0.134. The molecule has 106 valence electrons. The standard InChI is InChI=1S/C13H21N3O2S/c17-19(18,11-6-12-3-8-14-9-4-12)16-10-5-13-2-1-7-15-13/h3-4,8-9,13,15-16H,1-2,5-7,10-11H2/t13-/m0/s1. The fraction of sp³-hybridized carbons (Fsp3) is 0.615. The Morgan fingerprint density at radius 2 is 2.16 bits per heavy atom. The number of aryl methyl sites for hydroxylation is 1. The van der Waals surface area contributed by atoms with E-state index in [9.17, 15) is 8.42 Å². The normalized spacial score (nSPS) is 19.7. The highest BCUT2D eigenvalue weighted by Crippen LogP contribution is 2.08. The third kappa shape index (κ3) is 5.26. The van der Waals surface area contributed by atoms with Crippen molar-refractivity contribution < 1.29 is 8.42 Å². The van der Waals surface area contributed by atoms with Crippen LogP contribution in [0, 0.1) is 0 Å². The third-order valence-electron chi connectivity index (χ3n) is 3.39. The summed E-state index contributed by atoms with van der Waals surface area (Å²) >= 11 is 0. The first-order valence-electron chi connectivity index (χ1n) is 6.75. The maximum absolute atomic E-state index is 11.8. The van der Waals surface area contributed by atoms with Crippen LogP contribution in [0.3, 0.4) is 0 Å². The smallest absolute Gasteiger partial charge is 0.211 e. The number of nitrogens with zero attached hydrogens (tertiary/aromatic N) is 1. The molecule has 1 saturated heterocycles. The van der Waals surface area contributed by atoms with E-state index in [1.54, 1.807) is 12.4 Å². The largest absolute Gasteiger partial charge is 0.314 e. The molecule has 0 saturated carbocycles. The van der Waals surface area contributed by atoms with Crippen LogP contribution in [-0.2, 0) is 16.4 Å². The molecular weight excluding hydrogens is 262 g/mol. The molecule has 0 spiro atoms. The lowest BCUT2D eigenvalue weighted by molar-refractivity contribution is 0.539. The molecule has 2 rings (SSSR count). The molecule has 1 atom stereocenters. The van der Waals surface area contributed by atoms with Crippen LogP contribution in [0.15, 0.2) is 24.5 Å². The Bertz CT molecular complexity index is 470. The molecule has 1 aromatic heterocycles. The summed E-state index contributed by atoms with van der Waals surface area (Å²) in [6, 6.07) is 4.17. The van der Waals surface area contributed by atoms with E-state index in [1.807, 2.05) is 12.1 Å². The minimum absolute atomic E-state index is 0.134. The summed E-state index contributed by atoms with van der Waals surface area (Å²) in [6.45, 7) is 1.58. The molecular formula is C13H21N3O2S. The highest BCUT2D eigenvalue weighted by Gasteiger charge is 2.15. The van der Waals surface area contributed by atoms with Gasteiger partial charge in [-0.3, -0.25) is 4.98 Å². The Balaban J connectivity index is 1.69. The van der Waals surface area contributed by atoms with Gasteiger partial charge in [0.15, 0.2) is 0 Å². The maximum Gasteiger partial charge on any atom is 0.211 e. The van der Waals surface area contributed by atoms with E-state index >= 15 is 0 Å². The van der Waals surface area contributed by atoms with Gasteiger partial charge < -0.3 is 5.32 Å². The molecule has 1 aliphatic rings. The average Bonchev–Trinajstić information content (AvgIpc) is 2.91. The van der Waals surface area contributed by atoms with Crippen LogP contribution in [0.4, 0.5) is 0 Å². The van der Waals surface area contributed by atoms with Gasteiger partial charge in [0.05, 0.1) is 5.75 Å². The molecule has 5 nitrogen and oxygen atoms in total. The topological polar surface area (TPSA) is 71.1 Å². The molecule has 1 aromatic rings. The zero-order chi connectivity index (χ0) is 13.6. The van der Waals surface area contributed by atoms with Crippen LogP contribution in [0.25, 0.3) is 0 Å². The van der Waals surface area contributed by atoms with Crippen molar-refractivity contribution in [2.45, 2.75) is 31.7 Å². The van der Waals surface area contributed by atoms with Crippen molar-refractivity contribution in [2.75, 3.05) is 18.8 Å². The minimum Gasteiger partial charge on any atom is -0.314 e.